The number of rotatable bonds is 6. The summed E-state index contributed by atoms with van der Waals surface area (Å²) in [5, 5.41) is 0. The molecule has 0 atom stereocenters. The third-order valence-electron chi connectivity index (χ3n) is 2.32. The maximum absolute atomic E-state index is 12.4. The first kappa shape index (κ1) is 15.9. The minimum atomic E-state index is -4.58. The van der Waals surface area contributed by atoms with E-state index in [0.717, 1.165) is 0 Å². The summed E-state index contributed by atoms with van der Waals surface area (Å²) in [5.41, 5.74) is 5.60. The van der Waals surface area contributed by atoms with Gasteiger partial charge in [0.15, 0.2) is 0 Å². The van der Waals surface area contributed by atoms with Crippen LogP contribution in [0.3, 0.4) is 0 Å². The van der Waals surface area contributed by atoms with Crippen molar-refractivity contribution in [2.45, 2.75) is 11.9 Å². The lowest BCUT2D eigenvalue weighted by Gasteiger charge is -2.22. The van der Waals surface area contributed by atoms with Crippen molar-refractivity contribution in [3.63, 3.8) is 0 Å². The van der Waals surface area contributed by atoms with Gasteiger partial charge in [-0.15, -0.1) is 0 Å². The topological polar surface area (TPSA) is 63.4 Å². The molecule has 2 N–H and O–H groups in total. The zero-order chi connectivity index (χ0) is 14.5. The zero-order valence-corrected chi connectivity index (χ0v) is 10.9. The second-order valence-electron chi connectivity index (χ2n) is 3.98. The molecule has 0 bridgehead atoms. The summed E-state index contributed by atoms with van der Waals surface area (Å²) in [5.74, 6) is -0.468. The molecule has 8 heteroatoms. The quantitative estimate of drug-likeness (QED) is 0.861. The number of halogens is 3. The van der Waals surface area contributed by atoms with E-state index in [0.29, 0.717) is 9.87 Å². The Labute approximate surface area is 110 Å². The van der Waals surface area contributed by atoms with Crippen molar-refractivity contribution in [2.75, 3.05) is 19.6 Å². The van der Waals surface area contributed by atoms with E-state index in [2.05, 4.69) is 0 Å². The van der Waals surface area contributed by atoms with Gasteiger partial charge in [-0.05, 0) is 5.56 Å². The normalized spacial score (nSPS) is 12.9. The fourth-order valence-electron chi connectivity index (χ4n) is 1.54. The van der Waals surface area contributed by atoms with Crippen LogP contribution in [0.25, 0.3) is 0 Å². The molecule has 0 spiro atoms. The van der Waals surface area contributed by atoms with Gasteiger partial charge in [0.25, 0.3) is 0 Å². The monoisotopic (exact) mass is 296 g/mol. The lowest BCUT2D eigenvalue weighted by atomic mass is 10.2. The Morgan fingerprint density at radius 1 is 1.16 bits per heavy atom. The number of benzene rings is 1. The Bertz CT molecular complexity index is 488. The van der Waals surface area contributed by atoms with Crippen LogP contribution in [0.4, 0.5) is 13.2 Å². The van der Waals surface area contributed by atoms with Crippen LogP contribution in [0.15, 0.2) is 30.3 Å². The van der Waals surface area contributed by atoms with Gasteiger partial charge in [-0.3, -0.25) is 0 Å². The number of alkyl halides is 3. The summed E-state index contributed by atoms with van der Waals surface area (Å²) in [7, 11) is -4.04. The SMILES string of the molecule is NCCN(CC(F)(F)F)S(=O)(=O)Cc1ccccc1. The van der Waals surface area contributed by atoms with Crippen LogP contribution in [0.5, 0.6) is 0 Å². The number of sulfonamides is 1. The molecule has 0 fully saturated rings. The van der Waals surface area contributed by atoms with Crippen molar-refractivity contribution < 1.29 is 21.6 Å². The van der Waals surface area contributed by atoms with E-state index < -0.39 is 28.5 Å². The van der Waals surface area contributed by atoms with E-state index in [-0.39, 0.29) is 13.1 Å². The van der Waals surface area contributed by atoms with Crippen molar-refractivity contribution in [1.29, 1.82) is 0 Å². The molecule has 1 rings (SSSR count). The second kappa shape index (κ2) is 6.36. The van der Waals surface area contributed by atoms with Crippen LogP contribution >= 0.6 is 0 Å². The molecule has 0 unspecified atom stereocenters. The summed E-state index contributed by atoms with van der Waals surface area (Å²) < 4.78 is 61.3. The van der Waals surface area contributed by atoms with E-state index in [9.17, 15) is 21.6 Å². The molecule has 0 heterocycles. The van der Waals surface area contributed by atoms with Gasteiger partial charge >= 0.3 is 6.18 Å². The van der Waals surface area contributed by atoms with Crippen LogP contribution in [0.2, 0.25) is 0 Å². The van der Waals surface area contributed by atoms with Crippen LogP contribution in [0, 0.1) is 0 Å². The minimum Gasteiger partial charge on any atom is -0.329 e. The summed E-state index contributed by atoms with van der Waals surface area (Å²) in [4.78, 5) is 0. The molecule has 0 saturated heterocycles. The number of hydrogen-bond donors (Lipinski definition) is 1. The van der Waals surface area contributed by atoms with E-state index in [1.165, 1.54) is 0 Å². The average molecular weight is 296 g/mol. The Kier molecular flexibility index (Phi) is 5.33. The Balaban J connectivity index is 2.87. The van der Waals surface area contributed by atoms with Gasteiger partial charge in [0, 0.05) is 13.1 Å². The second-order valence-corrected chi connectivity index (χ2v) is 5.95. The summed E-state index contributed by atoms with van der Waals surface area (Å²) in [6.07, 6.45) is -4.58. The van der Waals surface area contributed by atoms with Gasteiger partial charge < -0.3 is 5.73 Å². The molecule has 4 nitrogen and oxygen atoms in total. The fraction of sp³-hybridized carbons (Fsp3) is 0.455. The smallest absolute Gasteiger partial charge is 0.329 e. The number of hydrogen-bond acceptors (Lipinski definition) is 3. The first-order chi connectivity index (χ1) is 8.74. The summed E-state index contributed by atoms with van der Waals surface area (Å²) in [6, 6.07) is 8.05. The van der Waals surface area contributed by atoms with Crippen molar-refractivity contribution >= 4 is 10.0 Å². The van der Waals surface area contributed by atoms with Crippen LogP contribution in [-0.4, -0.2) is 38.5 Å². The van der Waals surface area contributed by atoms with E-state index in [1.54, 1.807) is 30.3 Å². The largest absolute Gasteiger partial charge is 0.402 e. The average Bonchev–Trinajstić information content (AvgIpc) is 2.27. The first-order valence-corrected chi connectivity index (χ1v) is 7.14. The molecule has 0 aliphatic rings. The van der Waals surface area contributed by atoms with Gasteiger partial charge in [-0.2, -0.15) is 17.5 Å². The molecular formula is C11H15F3N2O2S. The highest BCUT2D eigenvalue weighted by Gasteiger charge is 2.35. The lowest BCUT2D eigenvalue weighted by molar-refractivity contribution is -0.136. The molecule has 1 aromatic rings. The van der Waals surface area contributed by atoms with Gasteiger partial charge in [0.2, 0.25) is 10.0 Å². The highest BCUT2D eigenvalue weighted by Crippen LogP contribution is 2.20. The fourth-order valence-corrected chi connectivity index (χ4v) is 3.06. The highest BCUT2D eigenvalue weighted by atomic mass is 32.2. The predicted molar refractivity (Wildman–Crippen MR) is 65.7 cm³/mol. The number of nitrogens with two attached hydrogens (primary N) is 1. The summed E-state index contributed by atoms with van der Waals surface area (Å²) in [6.45, 7) is -2.03. The Morgan fingerprint density at radius 3 is 2.21 bits per heavy atom. The summed E-state index contributed by atoms with van der Waals surface area (Å²) >= 11 is 0. The molecule has 1 aromatic carbocycles. The maximum Gasteiger partial charge on any atom is 0.402 e. The van der Waals surface area contributed by atoms with E-state index >= 15 is 0 Å². The molecule has 0 radical (unpaired) electrons. The van der Waals surface area contributed by atoms with Crippen LogP contribution in [-0.2, 0) is 15.8 Å². The molecule has 0 aliphatic heterocycles. The first-order valence-electron chi connectivity index (χ1n) is 5.53. The molecular weight excluding hydrogens is 281 g/mol. The van der Waals surface area contributed by atoms with Crippen molar-refractivity contribution in [3.8, 4) is 0 Å². The highest BCUT2D eigenvalue weighted by molar-refractivity contribution is 7.88. The number of nitrogens with zero attached hydrogens (tertiary/aromatic N) is 1. The molecule has 108 valence electrons. The third-order valence-corrected chi connectivity index (χ3v) is 4.12. The Morgan fingerprint density at radius 2 is 1.74 bits per heavy atom. The van der Waals surface area contributed by atoms with Crippen molar-refractivity contribution in [3.05, 3.63) is 35.9 Å². The van der Waals surface area contributed by atoms with Gasteiger partial charge in [0.05, 0.1) is 5.75 Å². The van der Waals surface area contributed by atoms with Gasteiger partial charge in [-0.25, -0.2) is 8.42 Å². The minimum absolute atomic E-state index is 0.163. The van der Waals surface area contributed by atoms with Crippen LogP contribution in [0.1, 0.15) is 5.56 Å². The maximum atomic E-state index is 12.4. The van der Waals surface area contributed by atoms with Crippen molar-refractivity contribution in [2.24, 2.45) is 5.73 Å². The third kappa shape index (κ3) is 5.58. The Hall–Kier alpha value is -1.12. The van der Waals surface area contributed by atoms with Crippen LogP contribution < -0.4 is 5.73 Å². The molecule has 19 heavy (non-hydrogen) atoms. The standard InChI is InChI=1S/C11H15F3N2O2S/c12-11(13,14)9-16(7-6-15)19(17,18)8-10-4-2-1-3-5-10/h1-5H,6-9,15H2. The predicted octanol–water partition coefficient (Wildman–Crippen LogP) is 1.34. The van der Waals surface area contributed by atoms with Crippen molar-refractivity contribution in [1.82, 2.24) is 4.31 Å². The molecule has 0 amide bonds. The van der Waals surface area contributed by atoms with E-state index in [4.69, 9.17) is 5.73 Å². The van der Waals surface area contributed by atoms with Gasteiger partial charge in [0.1, 0.15) is 6.54 Å². The molecule has 0 saturated carbocycles. The molecule has 0 aliphatic carbocycles. The van der Waals surface area contributed by atoms with Gasteiger partial charge in [-0.1, -0.05) is 30.3 Å². The lowest BCUT2D eigenvalue weighted by Crippen LogP contribution is -2.42. The molecule has 0 aromatic heterocycles. The van der Waals surface area contributed by atoms with E-state index in [1.807, 2.05) is 0 Å². The zero-order valence-electron chi connectivity index (χ0n) is 10.1.